The van der Waals surface area contributed by atoms with Gasteiger partial charge in [0.1, 0.15) is 5.82 Å². The highest BCUT2D eigenvalue weighted by Crippen LogP contribution is 2.36. The molecule has 1 aliphatic carbocycles. The monoisotopic (exact) mass is 247 g/mol. The lowest BCUT2D eigenvalue weighted by molar-refractivity contribution is 0.315. The summed E-state index contributed by atoms with van der Waals surface area (Å²) in [6, 6.07) is 7.40. The predicted molar refractivity (Wildman–Crippen MR) is 70.2 cm³/mol. The van der Waals surface area contributed by atoms with Crippen LogP contribution in [0.5, 0.6) is 0 Å². The van der Waals surface area contributed by atoms with Crippen LogP contribution in [0, 0.1) is 5.82 Å². The van der Waals surface area contributed by atoms with Crippen molar-refractivity contribution < 1.29 is 4.39 Å². The molecule has 0 spiro atoms. The van der Waals surface area contributed by atoms with Gasteiger partial charge in [-0.25, -0.2) is 4.39 Å². The Kier molecular flexibility index (Phi) is 2.94. The Morgan fingerprint density at radius 2 is 2.00 bits per heavy atom. The molecule has 18 heavy (non-hydrogen) atoms. The Labute approximate surface area is 107 Å². The fourth-order valence-corrected chi connectivity index (χ4v) is 2.61. The van der Waals surface area contributed by atoms with Gasteiger partial charge in [-0.2, -0.15) is 0 Å². The summed E-state index contributed by atoms with van der Waals surface area (Å²) in [6.07, 6.45) is 2.22. The van der Waals surface area contributed by atoms with E-state index in [1.54, 1.807) is 12.1 Å². The van der Waals surface area contributed by atoms with Crippen molar-refractivity contribution in [1.29, 1.82) is 0 Å². The van der Waals surface area contributed by atoms with Gasteiger partial charge in [0.2, 0.25) is 0 Å². The first kappa shape index (κ1) is 11.5. The summed E-state index contributed by atoms with van der Waals surface area (Å²) in [5.41, 5.74) is 1.25. The maximum Gasteiger partial charge on any atom is 0.194 e. The minimum absolute atomic E-state index is 0.158. The zero-order valence-corrected chi connectivity index (χ0v) is 10.6. The van der Waals surface area contributed by atoms with Crippen molar-refractivity contribution >= 4 is 5.96 Å². The smallest absolute Gasteiger partial charge is 0.194 e. The van der Waals surface area contributed by atoms with Gasteiger partial charge in [-0.15, -0.1) is 0 Å². The second-order valence-corrected chi connectivity index (χ2v) is 5.19. The molecule has 4 heteroatoms. The second kappa shape index (κ2) is 4.59. The quantitative estimate of drug-likeness (QED) is 0.865. The van der Waals surface area contributed by atoms with Crippen LogP contribution in [0.25, 0.3) is 0 Å². The van der Waals surface area contributed by atoms with Gasteiger partial charge in [0.15, 0.2) is 5.96 Å². The molecule has 1 heterocycles. The average Bonchev–Trinajstić information content (AvgIpc) is 2.71. The Balaban J connectivity index is 1.52. The molecule has 96 valence electrons. The lowest BCUT2D eigenvalue weighted by Gasteiger charge is -2.37. The SMILES string of the molecule is CN1CCN=C1NC1CC(c2ccc(F)cc2)C1. The highest BCUT2D eigenvalue weighted by molar-refractivity contribution is 5.81. The molecule has 1 aromatic carbocycles. The van der Waals surface area contributed by atoms with Crippen LogP contribution in [0.3, 0.4) is 0 Å². The number of rotatable bonds is 2. The highest BCUT2D eigenvalue weighted by atomic mass is 19.1. The summed E-state index contributed by atoms with van der Waals surface area (Å²) < 4.78 is 12.8. The van der Waals surface area contributed by atoms with Crippen LogP contribution in [0.2, 0.25) is 0 Å². The maximum absolute atomic E-state index is 12.8. The van der Waals surface area contributed by atoms with Crippen molar-refractivity contribution in [2.75, 3.05) is 20.1 Å². The number of benzene rings is 1. The van der Waals surface area contributed by atoms with Crippen molar-refractivity contribution in [2.45, 2.75) is 24.8 Å². The van der Waals surface area contributed by atoms with E-state index in [9.17, 15) is 4.39 Å². The molecule has 2 aliphatic rings. The molecular formula is C14H18FN3. The molecule has 0 bridgehead atoms. The van der Waals surface area contributed by atoms with Gasteiger partial charge in [-0.05, 0) is 36.5 Å². The van der Waals surface area contributed by atoms with E-state index in [1.807, 2.05) is 12.1 Å². The molecule has 1 aromatic rings. The number of aliphatic imine (C=N–C) groups is 1. The summed E-state index contributed by atoms with van der Waals surface area (Å²) in [4.78, 5) is 6.59. The van der Waals surface area contributed by atoms with E-state index in [1.165, 1.54) is 5.56 Å². The molecular weight excluding hydrogens is 229 g/mol. The molecule has 0 radical (unpaired) electrons. The second-order valence-electron chi connectivity index (χ2n) is 5.19. The lowest BCUT2D eigenvalue weighted by Crippen LogP contribution is -2.47. The number of likely N-dealkylation sites (N-methyl/N-ethyl adjacent to an activating group) is 1. The van der Waals surface area contributed by atoms with Gasteiger partial charge in [0, 0.05) is 19.6 Å². The van der Waals surface area contributed by atoms with Crippen LogP contribution in [-0.4, -0.2) is 37.0 Å². The van der Waals surface area contributed by atoms with Gasteiger partial charge >= 0.3 is 0 Å². The molecule has 0 saturated heterocycles. The third kappa shape index (κ3) is 2.19. The van der Waals surface area contributed by atoms with Crippen molar-refractivity contribution in [2.24, 2.45) is 4.99 Å². The summed E-state index contributed by atoms with van der Waals surface area (Å²) in [7, 11) is 2.06. The molecule has 0 amide bonds. The number of hydrogen-bond acceptors (Lipinski definition) is 3. The minimum Gasteiger partial charge on any atom is -0.353 e. The van der Waals surface area contributed by atoms with Gasteiger partial charge in [-0.3, -0.25) is 4.99 Å². The highest BCUT2D eigenvalue weighted by Gasteiger charge is 2.31. The Morgan fingerprint density at radius 3 is 2.61 bits per heavy atom. The predicted octanol–water partition coefficient (Wildman–Crippen LogP) is 1.96. The third-order valence-electron chi connectivity index (χ3n) is 3.87. The lowest BCUT2D eigenvalue weighted by atomic mass is 9.76. The van der Waals surface area contributed by atoms with E-state index in [4.69, 9.17) is 0 Å². The van der Waals surface area contributed by atoms with E-state index in [0.717, 1.165) is 31.9 Å². The maximum atomic E-state index is 12.8. The van der Waals surface area contributed by atoms with Gasteiger partial charge < -0.3 is 10.2 Å². The van der Waals surface area contributed by atoms with Gasteiger partial charge in [0.25, 0.3) is 0 Å². The largest absolute Gasteiger partial charge is 0.353 e. The van der Waals surface area contributed by atoms with Crippen LogP contribution in [0.1, 0.15) is 24.3 Å². The first-order valence-corrected chi connectivity index (χ1v) is 6.50. The number of nitrogens with zero attached hydrogens (tertiary/aromatic N) is 2. The molecule has 3 nitrogen and oxygen atoms in total. The summed E-state index contributed by atoms with van der Waals surface area (Å²) >= 11 is 0. The fraction of sp³-hybridized carbons (Fsp3) is 0.500. The van der Waals surface area contributed by atoms with Gasteiger partial charge in [0.05, 0.1) is 6.54 Å². The summed E-state index contributed by atoms with van der Waals surface area (Å²) in [5.74, 6) is 1.43. The molecule has 1 fully saturated rings. The van der Waals surface area contributed by atoms with Crippen molar-refractivity contribution in [3.8, 4) is 0 Å². The summed E-state index contributed by atoms with van der Waals surface area (Å²) in [6.45, 7) is 1.91. The fourth-order valence-electron chi connectivity index (χ4n) is 2.61. The zero-order chi connectivity index (χ0) is 12.5. The first-order valence-electron chi connectivity index (χ1n) is 6.50. The zero-order valence-electron chi connectivity index (χ0n) is 10.6. The van der Waals surface area contributed by atoms with Crippen molar-refractivity contribution in [1.82, 2.24) is 10.2 Å². The Morgan fingerprint density at radius 1 is 1.28 bits per heavy atom. The van der Waals surface area contributed by atoms with E-state index in [2.05, 4.69) is 22.3 Å². The van der Waals surface area contributed by atoms with Crippen LogP contribution in [-0.2, 0) is 0 Å². The normalized spacial score (nSPS) is 26.8. The van der Waals surface area contributed by atoms with Crippen molar-refractivity contribution in [3.05, 3.63) is 35.6 Å². The standard InChI is InChI=1S/C14H18FN3/c1-18-7-6-16-14(18)17-13-8-11(9-13)10-2-4-12(15)5-3-10/h2-5,11,13H,6-9H2,1H3,(H,16,17). The van der Waals surface area contributed by atoms with E-state index < -0.39 is 0 Å². The Bertz CT molecular complexity index is 449. The summed E-state index contributed by atoms with van der Waals surface area (Å²) in [5, 5.41) is 3.48. The van der Waals surface area contributed by atoms with Crippen LogP contribution >= 0.6 is 0 Å². The van der Waals surface area contributed by atoms with Gasteiger partial charge in [-0.1, -0.05) is 12.1 Å². The Hall–Kier alpha value is -1.58. The number of halogens is 1. The van der Waals surface area contributed by atoms with Crippen LogP contribution < -0.4 is 5.32 Å². The molecule has 1 aliphatic heterocycles. The minimum atomic E-state index is -0.158. The molecule has 0 aromatic heterocycles. The average molecular weight is 247 g/mol. The number of guanidine groups is 1. The van der Waals surface area contributed by atoms with Crippen LogP contribution in [0.4, 0.5) is 4.39 Å². The topological polar surface area (TPSA) is 27.6 Å². The van der Waals surface area contributed by atoms with E-state index in [-0.39, 0.29) is 5.82 Å². The van der Waals surface area contributed by atoms with E-state index in [0.29, 0.717) is 12.0 Å². The molecule has 1 saturated carbocycles. The number of hydrogen-bond donors (Lipinski definition) is 1. The first-order chi connectivity index (χ1) is 8.72. The molecule has 1 N–H and O–H groups in total. The molecule has 0 unspecified atom stereocenters. The van der Waals surface area contributed by atoms with Crippen molar-refractivity contribution in [3.63, 3.8) is 0 Å². The van der Waals surface area contributed by atoms with Crippen LogP contribution in [0.15, 0.2) is 29.3 Å². The van der Waals surface area contributed by atoms with E-state index >= 15 is 0 Å². The molecule has 0 atom stereocenters. The third-order valence-corrected chi connectivity index (χ3v) is 3.87. The number of nitrogens with one attached hydrogen (secondary N) is 1. The molecule has 3 rings (SSSR count).